The molecular formula is C24H34N2O. The van der Waals surface area contributed by atoms with Crippen molar-refractivity contribution in [2.75, 3.05) is 20.1 Å². The predicted octanol–water partition coefficient (Wildman–Crippen LogP) is 4.23. The highest BCUT2D eigenvalue weighted by Gasteiger charge is 2.40. The van der Waals surface area contributed by atoms with Gasteiger partial charge >= 0.3 is 0 Å². The normalized spacial score (nSPS) is 25.8. The summed E-state index contributed by atoms with van der Waals surface area (Å²) in [5, 5.41) is 3.52. The molecule has 3 atom stereocenters. The van der Waals surface area contributed by atoms with Crippen LogP contribution in [0.4, 0.5) is 0 Å². The second-order valence-corrected chi connectivity index (χ2v) is 8.86. The van der Waals surface area contributed by atoms with E-state index in [4.69, 9.17) is 0 Å². The van der Waals surface area contributed by atoms with Crippen LogP contribution >= 0.6 is 0 Å². The highest BCUT2D eigenvalue weighted by atomic mass is 16.2. The quantitative estimate of drug-likeness (QED) is 0.865. The minimum Gasteiger partial charge on any atom is -0.340 e. The number of carbonyl (C=O) groups excluding carboxylic acids is 1. The molecule has 0 saturated carbocycles. The summed E-state index contributed by atoms with van der Waals surface area (Å²) in [5.41, 5.74) is 3.16. The Morgan fingerprint density at radius 3 is 2.59 bits per heavy atom. The van der Waals surface area contributed by atoms with Gasteiger partial charge in [-0.1, -0.05) is 55.0 Å². The van der Waals surface area contributed by atoms with Crippen molar-refractivity contribution >= 4 is 5.91 Å². The molecule has 0 aromatic heterocycles. The zero-order valence-electron chi connectivity index (χ0n) is 17.5. The second kappa shape index (κ2) is 8.02. The molecule has 1 saturated heterocycles. The molecule has 1 N–H and O–H groups in total. The van der Waals surface area contributed by atoms with Gasteiger partial charge in [0.15, 0.2) is 0 Å². The van der Waals surface area contributed by atoms with E-state index in [0.29, 0.717) is 11.8 Å². The lowest BCUT2D eigenvalue weighted by atomic mass is 9.81. The molecule has 1 amide bonds. The zero-order valence-corrected chi connectivity index (χ0v) is 17.5. The summed E-state index contributed by atoms with van der Waals surface area (Å²) in [4.78, 5) is 15.4. The van der Waals surface area contributed by atoms with Crippen molar-refractivity contribution in [3.05, 3.63) is 59.2 Å². The van der Waals surface area contributed by atoms with Crippen LogP contribution in [0.3, 0.4) is 0 Å². The molecule has 0 spiro atoms. The summed E-state index contributed by atoms with van der Waals surface area (Å²) in [7, 11) is 1.98. The van der Waals surface area contributed by atoms with Gasteiger partial charge in [-0.05, 0) is 50.7 Å². The summed E-state index contributed by atoms with van der Waals surface area (Å²) in [6.07, 6.45) is 9.34. The number of nitrogens with one attached hydrogen (secondary N) is 1. The molecule has 1 heterocycles. The van der Waals surface area contributed by atoms with Gasteiger partial charge in [0.25, 0.3) is 0 Å². The molecule has 3 nitrogen and oxygen atoms in total. The lowest BCUT2D eigenvalue weighted by Gasteiger charge is -2.36. The zero-order chi connectivity index (χ0) is 19.6. The number of rotatable bonds is 4. The lowest BCUT2D eigenvalue weighted by Crippen LogP contribution is -2.49. The number of hydrogen-bond acceptors (Lipinski definition) is 2. The molecule has 1 aliphatic carbocycles. The van der Waals surface area contributed by atoms with Crippen molar-refractivity contribution in [3.8, 4) is 0 Å². The van der Waals surface area contributed by atoms with Crippen molar-refractivity contribution in [3.63, 3.8) is 0 Å². The van der Waals surface area contributed by atoms with Crippen LogP contribution in [-0.4, -0.2) is 37.0 Å². The van der Waals surface area contributed by atoms with Gasteiger partial charge in [-0.2, -0.15) is 0 Å². The Balaban J connectivity index is 1.80. The molecule has 27 heavy (non-hydrogen) atoms. The third-order valence-electron chi connectivity index (χ3n) is 6.36. The lowest BCUT2D eigenvalue weighted by molar-refractivity contribution is -0.137. The van der Waals surface area contributed by atoms with E-state index in [1.165, 1.54) is 17.6 Å². The molecule has 2 aliphatic rings. The first kappa shape index (κ1) is 19.9. The van der Waals surface area contributed by atoms with Crippen molar-refractivity contribution in [2.45, 2.75) is 52.0 Å². The molecule has 1 fully saturated rings. The second-order valence-electron chi connectivity index (χ2n) is 8.86. The number of carbonyl (C=O) groups is 1. The average molecular weight is 367 g/mol. The Morgan fingerprint density at radius 1 is 1.19 bits per heavy atom. The number of amides is 1. The van der Waals surface area contributed by atoms with Crippen LogP contribution in [0.25, 0.3) is 0 Å². The molecule has 0 bridgehead atoms. The van der Waals surface area contributed by atoms with Gasteiger partial charge in [0.05, 0.1) is 11.5 Å². The average Bonchev–Trinajstić information content (AvgIpc) is 3.03. The summed E-state index contributed by atoms with van der Waals surface area (Å²) >= 11 is 0. The molecule has 1 unspecified atom stereocenters. The molecule has 1 aromatic rings. The molecular weight excluding hydrogens is 332 g/mol. The van der Waals surface area contributed by atoms with E-state index in [2.05, 4.69) is 61.7 Å². The molecule has 146 valence electrons. The van der Waals surface area contributed by atoms with Gasteiger partial charge in [-0.25, -0.2) is 0 Å². The fourth-order valence-electron chi connectivity index (χ4n) is 4.32. The van der Waals surface area contributed by atoms with Crippen molar-refractivity contribution in [1.29, 1.82) is 0 Å². The van der Waals surface area contributed by atoms with E-state index < -0.39 is 5.41 Å². The summed E-state index contributed by atoms with van der Waals surface area (Å²) < 4.78 is 0. The first-order valence-corrected chi connectivity index (χ1v) is 10.2. The molecule has 3 rings (SSSR count). The van der Waals surface area contributed by atoms with Crippen LogP contribution in [0.2, 0.25) is 0 Å². The van der Waals surface area contributed by atoms with Crippen LogP contribution < -0.4 is 5.32 Å². The van der Waals surface area contributed by atoms with Gasteiger partial charge in [-0.3, -0.25) is 4.79 Å². The van der Waals surface area contributed by atoms with Crippen LogP contribution in [0.15, 0.2) is 48.1 Å². The van der Waals surface area contributed by atoms with E-state index in [-0.39, 0.29) is 11.9 Å². The Morgan fingerprint density at radius 2 is 1.89 bits per heavy atom. The van der Waals surface area contributed by atoms with Gasteiger partial charge in [0.1, 0.15) is 0 Å². The Labute approximate surface area is 164 Å². The van der Waals surface area contributed by atoms with Crippen molar-refractivity contribution in [1.82, 2.24) is 10.2 Å². The fraction of sp³-hybridized carbons (Fsp3) is 0.542. The highest BCUT2D eigenvalue weighted by Crippen LogP contribution is 2.31. The Kier molecular flexibility index (Phi) is 5.90. The smallest absolute Gasteiger partial charge is 0.232 e. The number of allylic oxidation sites excluding steroid dienone is 3. The van der Waals surface area contributed by atoms with Crippen LogP contribution in [0.1, 0.15) is 44.7 Å². The molecule has 0 radical (unpaired) electrons. The van der Waals surface area contributed by atoms with Crippen LogP contribution in [-0.2, 0) is 10.2 Å². The van der Waals surface area contributed by atoms with E-state index >= 15 is 0 Å². The number of nitrogens with zero attached hydrogens (tertiary/aromatic N) is 1. The minimum absolute atomic E-state index is 0.191. The minimum atomic E-state index is -0.530. The third-order valence-corrected chi connectivity index (χ3v) is 6.36. The predicted molar refractivity (Wildman–Crippen MR) is 113 cm³/mol. The number of hydrogen-bond donors (Lipinski definition) is 1. The first-order valence-electron chi connectivity index (χ1n) is 10.2. The third kappa shape index (κ3) is 4.19. The Hall–Kier alpha value is -1.87. The maximum atomic E-state index is 13.4. The van der Waals surface area contributed by atoms with E-state index in [9.17, 15) is 4.79 Å². The summed E-state index contributed by atoms with van der Waals surface area (Å²) in [5.74, 6) is 1.19. The molecule has 1 aromatic carbocycles. The van der Waals surface area contributed by atoms with Crippen molar-refractivity contribution in [2.24, 2.45) is 11.8 Å². The van der Waals surface area contributed by atoms with E-state index in [1.807, 2.05) is 25.8 Å². The van der Waals surface area contributed by atoms with E-state index in [0.717, 1.165) is 25.1 Å². The van der Waals surface area contributed by atoms with Gasteiger partial charge < -0.3 is 10.2 Å². The number of aryl methyl sites for hydroxylation is 1. The topological polar surface area (TPSA) is 32.3 Å². The van der Waals surface area contributed by atoms with Gasteiger partial charge in [0.2, 0.25) is 5.91 Å². The van der Waals surface area contributed by atoms with Crippen molar-refractivity contribution < 1.29 is 4.79 Å². The molecule has 1 aliphatic heterocycles. The SMILES string of the molecule is Cc1ccc(C(C)(C)C(=O)N(C)[C@@H]2CNC[C@H]2C2=CCCC(C)C=C2)cc1. The van der Waals surface area contributed by atoms with Crippen LogP contribution in [0.5, 0.6) is 0 Å². The first-order chi connectivity index (χ1) is 12.8. The number of likely N-dealkylation sites (N-methyl/N-ethyl adjacent to an activating group) is 1. The summed E-state index contributed by atoms with van der Waals surface area (Å²) in [6.45, 7) is 10.2. The fourth-order valence-corrected chi connectivity index (χ4v) is 4.32. The molecule has 3 heteroatoms. The Bertz CT molecular complexity index is 729. The van der Waals surface area contributed by atoms with Gasteiger partial charge in [0, 0.05) is 26.1 Å². The summed E-state index contributed by atoms with van der Waals surface area (Å²) in [6, 6.07) is 8.55. The van der Waals surface area contributed by atoms with Gasteiger partial charge in [-0.15, -0.1) is 0 Å². The maximum absolute atomic E-state index is 13.4. The monoisotopic (exact) mass is 366 g/mol. The standard InChI is InChI=1S/C24H34N2O/c1-17-7-6-8-19(12-9-17)21-15-25-16-22(21)26(5)23(27)24(3,4)20-13-10-18(2)11-14-20/h8-14,17,21-22,25H,6-7,15-16H2,1-5H3/t17?,21-,22+/m0/s1. The van der Waals surface area contributed by atoms with E-state index in [1.54, 1.807) is 0 Å². The largest absolute Gasteiger partial charge is 0.340 e. The maximum Gasteiger partial charge on any atom is 0.232 e. The van der Waals surface area contributed by atoms with Crippen LogP contribution in [0, 0.1) is 18.8 Å². The number of benzene rings is 1. The highest BCUT2D eigenvalue weighted by molar-refractivity contribution is 5.87.